The Morgan fingerprint density at radius 3 is 2.67 bits per heavy atom. The van der Waals surface area contributed by atoms with Crippen molar-refractivity contribution in [1.29, 1.82) is 0 Å². The van der Waals surface area contributed by atoms with Crippen molar-refractivity contribution in [3.8, 4) is 0 Å². The van der Waals surface area contributed by atoms with Crippen LogP contribution in [-0.2, 0) is 11.3 Å². The third kappa shape index (κ3) is 4.61. The number of aliphatic carboxylic acids is 1. The lowest BCUT2D eigenvalue weighted by atomic mass is 10.1. The minimum Gasteiger partial charge on any atom is -0.481 e. The first-order chi connectivity index (χ1) is 13.1. The Labute approximate surface area is 159 Å². The van der Waals surface area contributed by atoms with E-state index in [2.05, 4.69) is 47.7 Å². The Hall–Kier alpha value is -2.95. The normalized spacial score (nSPS) is 12.1. The Morgan fingerprint density at radius 2 is 1.93 bits per heavy atom. The van der Waals surface area contributed by atoms with Crippen molar-refractivity contribution in [3.63, 3.8) is 0 Å². The molecule has 0 aliphatic carbocycles. The van der Waals surface area contributed by atoms with Crippen molar-refractivity contribution in [2.75, 3.05) is 10.6 Å². The number of H-pyrrole nitrogens is 1. The second-order valence-corrected chi connectivity index (χ2v) is 6.94. The molecule has 0 bridgehead atoms. The fourth-order valence-electron chi connectivity index (χ4n) is 3.55. The molecule has 27 heavy (non-hydrogen) atoms. The van der Waals surface area contributed by atoms with Gasteiger partial charge in [0.1, 0.15) is 0 Å². The molecule has 1 unspecified atom stereocenters. The number of anilines is 2. The van der Waals surface area contributed by atoms with Crippen molar-refractivity contribution in [2.24, 2.45) is 0 Å². The van der Waals surface area contributed by atoms with Gasteiger partial charge in [-0.1, -0.05) is 37.6 Å². The van der Waals surface area contributed by atoms with Gasteiger partial charge in [0, 0.05) is 29.7 Å². The van der Waals surface area contributed by atoms with Crippen molar-refractivity contribution < 1.29 is 9.90 Å². The monoisotopic (exact) mass is 365 g/mol. The topological polar surface area (TPSA) is 77.2 Å². The lowest BCUT2D eigenvalue weighted by Crippen LogP contribution is -2.23. The van der Waals surface area contributed by atoms with Gasteiger partial charge in [0.25, 0.3) is 0 Å². The van der Waals surface area contributed by atoms with Crippen LogP contribution in [0.3, 0.4) is 0 Å². The van der Waals surface area contributed by atoms with Gasteiger partial charge < -0.3 is 20.7 Å². The number of hydrogen-bond donors (Lipinski definition) is 4. The number of hydrogen-bond acceptors (Lipinski definition) is 3. The van der Waals surface area contributed by atoms with E-state index in [0.717, 1.165) is 29.7 Å². The minimum absolute atomic E-state index is 0.0780. The van der Waals surface area contributed by atoms with Crippen LogP contribution in [0.5, 0.6) is 0 Å². The molecule has 0 radical (unpaired) electrons. The van der Waals surface area contributed by atoms with E-state index < -0.39 is 5.97 Å². The second kappa shape index (κ2) is 8.62. The average molecular weight is 365 g/mol. The van der Waals surface area contributed by atoms with Crippen LogP contribution in [0, 0.1) is 6.92 Å². The molecule has 0 spiro atoms. The molecule has 5 heteroatoms. The predicted octanol–water partition coefficient (Wildman–Crippen LogP) is 5.14. The zero-order valence-electron chi connectivity index (χ0n) is 15.9. The molecule has 5 nitrogen and oxygen atoms in total. The summed E-state index contributed by atoms with van der Waals surface area (Å²) in [7, 11) is 0. The Morgan fingerprint density at radius 1 is 1.15 bits per heavy atom. The van der Waals surface area contributed by atoms with E-state index in [1.54, 1.807) is 0 Å². The summed E-state index contributed by atoms with van der Waals surface area (Å²) in [6.07, 6.45) is 3.92. The van der Waals surface area contributed by atoms with Gasteiger partial charge in [0.2, 0.25) is 0 Å². The fraction of sp³-hybridized carbons (Fsp3) is 0.318. The maximum Gasteiger partial charge on any atom is 0.305 e. The molecular formula is C22H27N3O2. The number of fused-ring (bicyclic) bond motifs is 1. The molecular weight excluding hydrogens is 338 g/mol. The maximum absolute atomic E-state index is 11.1. The van der Waals surface area contributed by atoms with Crippen LogP contribution in [0.25, 0.3) is 10.9 Å². The van der Waals surface area contributed by atoms with Gasteiger partial charge in [0.05, 0.1) is 17.8 Å². The van der Waals surface area contributed by atoms with Crippen LogP contribution in [-0.4, -0.2) is 22.1 Å². The van der Waals surface area contributed by atoms with Gasteiger partial charge in [0.15, 0.2) is 0 Å². The third-order valence-corrected chi connectivity index (χ3v) is 4.81. The molecule has 1 heterocycles. The summed E-state index contributed by atoms with van der Waals surface area (Å²) in [6, 6.07) is 14.2. The quantitative estimate of drug-likeness (QED) is 0.423. The van der Waals surface area contributed by atoms with Crippen LogP contribution >= 0.6 is 0 Å². The Kier molecular flexibility index (Phi) is 6.01. The largest absolute Gasteiger partial charge is 0.481 e. The van der Waals surface area contributed by atoms with E-state index in [0.29, 0.717) is 6.54 Å². The highest BCUT2D eigenvalue weighted by Crippen LogP contribution is 2.27. The van der Waals surface area contributed by atoms with Crippen LogP contribution in [0.1, 0.15) is 37.3 Å². The minimum atomic E-state index is -0.777. The SMILES string of the molecule is CCCC(CC(=O)O)Nc1ccccc1NCc1c[nH]c2cccc(C)c12. The first kappa shape index (κ1) is 18.8. The highest BCUT2D eigenvalue weighted by molar-refractivity contribution is 5.86. The molecule has 0 fully saturated rings. The van der Waals surface area contributed by atoms with E-state index in [9.17, 15) is 4.79 Å². The molecule has 3 rings (SSSR count). The molecule has 4 N–H and O–H groups in total. The number of nitrogens with one attached hydrogen (secondary N) is 3. The third-order valence-electron chi connectivity index (χ3n) is 4.81. The Balaban J connectivity index is 1.76. The first-order valence-electron chi connectivity index (χ1n) is 9.45. The van der Waals surface area contributed by atoms with Crippen molar-refractivity contribution in [2.45, 2.75) is 45.7 Å². The van der Waals surface area contributed by atoms with Gasteiger partial charge in [-0.15, -0.1) is 0 Å². The van der Waals surface area contributed by atoms with Crippen LogP contribution < -0.4 is 10.6 Å². The molecule has 0 saturated carbocycles. The summed E-state index contributed by atoms with van der Waals surface area (Å²) in [4.78, 5) is 14.5. The molecule has 0 amide bonds. The van der Waals surface area contributed by atoms with Crippen LogP contribution in [0.4, 0.5) is 11.4 Å². The van der Waals surface area contributed by atoms with Gasteiger partial charge >= 0.3 is 5.97 Å². The van der Waals surface area contributed by atoms with Gasteiger partial charge in [-0.25, -0.2) is 0 Å². The number of aryl methyl sites for hydroxylation is 1. The second-order valence-electron chi connectivity index (χ2n) is 6.94. The van der Waals surface area contributed by atoms with Gasteiger partial charge in [-0.2, -0.15) is 0 Å². The standard InChI is InChI=1S/C22H27N3O2/c1-3-7-17(12-21(26)27)25-19-10-5-4-9-18(19)23-13-16-14-24-20-11-6-8-15(2)22(16)20/h4-6,8-11,14,17,23-25H,3,7,12-13H2,1-2H3,(H,26,27). The number of rotatable bonds is 9. The van der Waals surface area contributed by atoms with E-state index >= 15 is 0 Å². The molecule has 1 atom stereocenters. The van der Waals surface area contributed by atoms with Crippen molar-refractivity contribution in [1.82, 2.24) is 4.98 Å². The molecule has 2 aromatic carbocycles. The summed E-state index contributed by atoms with van der Waals surface area (Å²) in [6.45, 7) is 4.89. The lowest BCUT2D eigenvalue weighted by Gasteiger charge is -2.20. The molecule has 0 saturated heterocycles. The summed E-state index contributed by atoms with van der Waals surface area (Å²) in [5.74, 6) is -0.777. The fourth-order valence-corrected chi connectivity index (χ4v) is 3.55. The summed E-state index contributed by atoms with van der Waals surface area (Å²) in [5, 5.41) is 17.3. The molecule has 1 aromatic heterocycles. The lowest BCUT2D eigenvalue weighted by molar-refractivity contribution is -0.137. The predicted molar refractivity (Wildman–Crippen MR) is 111 cm³/mol. The average Bonchev–Trinajstić information content (AvgIpc) is 3.05. The number of aromatic nitrogens is 1. The zero-order chi connectivity index (χ0) is 19.2. The smallest absolute Gasteiger partial charge is 0.305 e. The van der Waals surface area contributed by atoms with E-state index in [-0.39, 0.29) is 12.5 Å². The first-order valence-corrected chi connectivity index (χ1v) is 9.45. The number of carbonyl (C=O) groups is 1. The highest BCUT2D eigenvalue weighted by Gasteiger charge is 2.14. The number of aromatic amines is 1. The van der Waals surface area contributed by atoms with Crippen molar-refractivity contribution >= 4 is 28.2 Å². The summed E-state index contributed by atoms with van der Waals surface area (Å²) < 4.78 is 0. The van der Waals surface area contributed by atoms with E-state index in [1.165, 1.54) is 16.5 Å². The zero-order valence-corrected chi connectivity index (χ0v) is 15.9. The summed E-state index contributed by atoms with van der Waals surface area (Å²) in [5.41, 5.74) is 5.53. The summed E-state index contributed by atoms with van der Waals surface area (Å²) >= 11 is 0. The Bertz CT molecular complexity index is 917. The van der Waals surface area contributed by atoms with E-state index in [4.69, 9.17) is 5.11 Å². The van der Waals surface area contributed by atoms with Crippen LogP contribution in [0.2, 0.25) is 0 Å². The molecule has 3 aromatic rings. The number of para-hydroxylation sites is 2. The van der Waals surface area contributed by atoms with Crippen molar-refractivity contribution in [3.05, 3.63) is 59.8 Å². The van der Waals surface area contributed by atoms with E-state index in [1.807, 2.05) is 30.5 Å². The molecule has 142 valence electrons. The highest BCUT2D eigenvalue weighted by atomic mass is 16.4. The van der Waals surface area contributed by atoms with Gasteiger partial charge in [-0.3, -0.25) is 4.79 Å². The number of carboxylic acid groups (broad SMARTS) is 1. The van der Waals surface area contributed by atoms with Gasteiger partial charge in [-0.05, 0) is 42.7 Å². The van der Waals surface area contributed by atoms with Crippen LogP contribution in [0.15, 0.2) is 48.7 Å². The molecule has 0 aliphatic heterocycles. The number of carboxylic acids is 1. The molecule has 0 aliphatic rings. The maximum atomic E-state index is 11.1. The number of benzene rings is 2.